The van der Waals surface area contributed by atoms with E-state index in [1.807, 2.05) is 30.3 Å². The van der Waals surface area contributed by atoms with Gasteiger partial charge in [0.1, 0.15) is 5.75 Å². The van der Waals surface area contributed by atoms with Gasteiger partial charge < -0.3 is 14.7 Å². The number of nitrogens with zero attached hydrogens (tertiary/aromatic N) is 2. The van der Waals surface area contributed by atoms with Crippen molar-refractivity contribution >= 4 is 21.6 Å². The van der Waals surface area contributed by atoms with Gasteiger partial charge in [0.25, 0.3) is 5.19 Å². The highest BCUT2D eigenvalue weighted by atomic mass is 32.1. The van der Waals surface area contributed by atoms with Gasteiger partial charge in [-0.25, -0.2) is 4.98 Å². The molecule has 4 nitrogen and oxygen atoms in total. The minimum atomic E-state index is -0.144. The van der Waals surface area contributed by atoms with Crippen molar-refractivity contribution in [1.29, 1.82) is 0 Å². The molecule has 1 saturated heterocycles. The Bertz CT molecular complexity index is 783. The number of rotatable bonds is 5. The normalized spacial score (nSPS) is 18.3. The van der Waals surface area contributed by atoms with Crippen molar-refractivity contribution < 1.29 is 9.84 Å². The molecule has 1 atom stereocenters. The predicted molar refractivity (Wildman–Crippen MR) is 96.9 cm³/mol. The molecule has 0 aliphatic carbocycles. The number of benzene rings is 2. The summed E-state index contributed by atoms with van der Waals surface area (Å²) in [7, 11) is 0. The minimum Gasteiger partial charge on any atom is -0.431 e. The van der Waals surface area contributed by atoms with Crippen LogP contribution in [0.4, 0.5) is 0 Å². The number of β-amino-alcohol motifs (C(OH)–C–C–N with tert-alkyl or cyclic N) is 1. The van der Waals surface area contributed by atoms with Gasteiger partial charge in [0.05, 0.1) is 16.3 Å². The lowest BCUT2D eigenvalue weighted by atomic mass is 10.1. The van der Waals surface area contributed by atoms with Gasteiger partial charge in [-0.15, -0.1) is 0 Å². The third-order valence-corrected chi connectivity index (χ3v) is 5.28. The Morgan fingerprint density at radius 2 is 2.00 bits per heavy atom. The summed E-state index contributed by atoms with van der Waals surface area (Å²) in [5, 5.41) is 10.2. The van der Waals surface area contributed by atoms with E-state index in [-0.39, 0.29) is 6.10 Å². The summed E-state index contributed by atoms with van der Waals surface area (Å²) < 4.78 is 7.01. The molecule has 0 bridgehead atoms. The lowest BCUT2D eigenvalue weighted by Crippen LogP contribution is -2.24. The molecule has 0 spiro atoms. The van der Waals surface area contributed by atoms with E-state index in [2.05, 4.69) is 28.1 Å². The number of ether oxygens (including phenoxy) is 1. The van der Waals surface area contributed by atoms with Crippen LogP contribution in [-0.2, 0) is 6.42 Å². The average Bonchev–Trinajstić information content (AvgIpc) is 3.19. The quantitative estimate of drug-likeness (QED) is 0.769. The second kappa shape index (κ2) is 6.89. The van der Waals surface area contributed by atoms with E-state index in [4.69, 9.17) is 4.74 Å². The van der Waals surface area contributed by atoms with Crippen LogP contribution in [0.25, 0.3) is 10.2 Å². The zero-order valence-corrected chi connectivity index (χ0v) is 14.2. The summed E-state index contributed by atoms with van der Waals surface area (Å²) in [6.45, 7) is 2.80. The molecule has 3 aromatic rings. The van der Waals surface area contributed by atoms with Gasteiger partial charge in [-0.1, -0.05) is 35.6 Å². The van der Waals surface area contributed by atoms with Gasteiger partial charge in [0, 0.05) is 19.6 Å². The molecule has 0 radical (unpaired) electrons. The van der Waals surface area contributed by atoms with Crippen LogP contribution in [0.5, 0.6) is 10.9 Å². The number of hydrogen-bond acceptors (Lipinski definition) is 5. The maximum atomic E-state index is 9.56. The number of aliphatic hydroxyl groups is 1. The number of aromatic nitrogens is 1. The summed E-state index contributed by atoms with van der Waals surface area (Å²) in [5.74, 6) is 0.814. The van der Waals surface area contributed by atoms with Crippen molar-refractivity contribution in [2.45, 2.75) is 18.9 Å². The second-order valence-electron chi connectivity index (χ2n) is 6.19. The molecule has 1 aliphatic heterocycles. The van der Waals surface area contributed by atoms with Gasteiger partial charge in [0.15, 0.2) is 0 Å². The summed E-state index contributed by atoms with van der Waals surface area (Å²) in [5.41, 5.74) is 2.26. The topological polar surface area (TPSA) is 45.6 Å². The Balaban J connectivity index is 1.36. The molecular weight excluding hydrogens is 320 g/mol. The Morgan fingerprint density at radius 3 is 2.75 bits per heavy atom. The first-order valence-corrected chi connectivity index (χ1v) is 9.11. The molecule has 24 heavy (non-hydrogen) atoms. The van der Waals surface area contributed by atoms with Crippen molar-refractivity contribution in [2.75, 3.05) is 19.6 Å². The maximum Gasteiger partial charge on any atom is 0.279 e. The SMILES string of the molecule is O[C@@H]1CCN(CCc2ccc(Oc3nc4ccccc4s3)cc2)C1. The summed E-state index contributed by atoms with van der Waals surface area (Å²) >= 11 is 1.56. The molecule has 1 aliphatic rings. The van der Waals surface area contributed by atoms with E-state index in [0.29, 0.717) is 5.19 Å². The number of aliphatic hydroxyl groups excluding tert-OH is 1. The fourth-order valence-electron chi connectivity index (χ4n) is 3.02. The number of fused-ring (bicyclic) bond motifs is 1. The van der Waals surface area contributed by atoms with Crippen LogP contribution < -0.4 is 4.74 Å². The molecule has 0 saturated carbocycles. The molecule has 124 valence electrons. The third kappa shape index (κ3) is 3.59. The minimum absolute atomic E-state index is 0.144. The zero-order chi connectivity index (χ0) is 16.4. The predicted octanol–water partition coefficient (Wildman–Crippen LogP) is 3.70. The van der Waals surface area contributed by atoms with Crippen molar-refractivity contribution in [3.63, 3.8) is 0 Å². The maximum absolute atomic E-state index is 9.56. The highest BCUT2D eigenvalue weighted by molar-refractivity contribution is 7.20. The van der Waals surface area contributed by atoms with E-state index < -0.39 is 0 Å². The van der Waals surface area contributed by atoms with Crippen LogP contribution in [0.1, 0.15) is 12.0 Å². The summed E-state index contributed by atoms with van der Waals surface area (Å²) in [6.07, 6.45) is 1.75. The molecule has 5 heteroatoms. The van der Waals surface area contributed by atoms with E-state index >= 15 is 0 Å². The molecule has 0 amide bonds. The first-order chi connectivity index (χ1) is 11.8. The first-order valence-electron chi connectivity index (χ1n) is 8.29. The molecular formula is C19H20N2O2S. The molecule has 0 unspecified atom stereocenters. The summed E-state index contributed by atoms with van der Waals surface area (Å²) in [4.78, 5) is 6.81. The van der Waals surface area contributed by atoms with Crippen molar-refractivity contribution in [1.82, 2.24) is 9.88 Å². The van der Waals surface area contributed by atoms with Gasteiger partial charge in [-0.3, -0.25) is 0 Å². The van der Waals surface area contributed by atoms with Crippen LogP contribution in [0.15, 0.2) is 48.5 Å². The smallest absolute Gasteiger partial charge is 0.279 e. The van der Waals surface area contributed by atoms with Gasteiger partial charge in [-0.05, 0) is 42.7 Å². The Morgan fingerprint density at radius 1 is 1.17 bits per heavy atom. The Kier molecular flexibility index (Phi) is 4.47. The van der Waals surface area contributed by atoms with Crippen molar-refractivity contribution in [2.24, 2.45) is 0 Å². The van der Waals surface area contributed by atoms with Crippen LogP contribution in [0.2, 0.25) is 0 Å². The monoisotopic (exact) mass is 340 g/mol. The van der Waals surface area contributed by atoms with Gasteiger partial charge in [0.2, 0.25) is 0 Å². The lowest BCUT2D eigenvalue weighted by Gasteiger charge is -2.14. The Hall–Kier alpha value is -1.95. The Labute approximate surface area is 145 Å². The standard InChI is InChI=1S/C19H20N2O2S/c22-15-10-12-21(13-15)11-9-14-5-7-16(8-6-14)23-19-20-17-3-1-2-4-18(17)24-19/h1-8,15,22H,9-13H2/t15-/m1/s1. The number of hydrogen-bond donors (Lipinski definition) is 1. The second-order valence-corrected chi connectivity index (χ2v) is 7.18. The van der Waals surface area contributed by atoms with Crippen LogP contribution in [-0.4, -0.2) is 40.7 Å². The van der Waals surface area contributed by atoms with Crippen LogP contribution >= 0.6 is 11.3 Å². The molecule has 2 heterocycles. The number of likely N-dealkylation sites (tertiary alicyclic amines) is 1. The van der Waals surface area contributed by atoms with Gasteiger partial charge in [-0.2, -0.15) is 0 Å². The van der Waals surface area contributed by atoms with E-state index in [1.54, 1.807) is 11.3 Å². The van der Waals surface area contributed by atoms with Crippen molar-refractivity contribution in [3.8, 4) is 10.9 Å². The van der Waals surface area contributed by atoms with E-state index in [0.717, 1.165) is 48.4 Å². The molecule has 1 N–H and O–H groups in total. The molecule has 4 rings (SSSR count). The van der Waals surface area contributed by atoms with E-state index in [1.165, 1.54) is 5.56 Å². The van der Waals surface area contributed by atoms with Crippen molar-refractivity contribution in [3.05, 3.63) is 54.1 Å². The van der Waals surface area contributed by atoms with E-state index in [9.17, 15) is 5.11 Å². The van der Waals surface area contributed by atoms with Crippen LogP contribution in [0, 0.1) is 0 Å². The van der Waals surface area contributed by atoms with Gasteiger partial charge >= 0.3 is 0 Å². The van der Waals surface area contributed by atoms with Crippen LogP contribution in [0.3, 0.4) is 0 Å². The first kappa shape index (κ1) is 15.6. The zero-order valence-electron chi connectivity index (χ0n) is 13.4. The molecule has 1 aromatic heterocycles. The number of para-hydroxylation sites is 1. The molecule has 1 fully saturated rings. The molecule has 2 aromatic carbocycles. The number of thiazole rings is 1. The highest BCUT2D eigenvalue weighted by Gasteiger charge is 2.19. The fourth-order valence-corrected chi connectivity index (χ4v) is 3.86. The largest absolute Gasteiger partial charge is 0.431 e. The lowest BCUT2D eigenvalue weighted by molar-refractivity contribution is 0.177. The summed E-state index contributed by atoms with van der Waals surface area (Å²) in [6, 6.07) is 16.3. The average molecular weight is 340 g/mol. The fraction of sp³-hybridized carbons (Fsp3) is 0.316. The highest BCUT2D eigenvalue weighted by Crippen LogP contribution is 2.31. The third-order valence-electron chi connectivity index (χ3n) is 4.37.